The highest BCUT2D eigenvalue weighted by Crippen LogP contribution is 2.48. The van der Waals surface area contributed by atoms with Crippen LogP contribution in [0.15, 0.2) is 6.07 Å². The molecule has 0 atom stereocenters. The molecule has 1 heterocycles. The number of methoxy groups -OCH3 is 1. The van der Waals surface area contributed by atoms with Crippen molar-refractivity contribution in [2.75, 3.05) is 25.6 Å². The van der Waals surface area contributed by atoms with Crippen LogP contribution in [0.3, 0.4) is 0 Å². The molecule has 100 valence electrons. The summed E-state index contributed by atoms with van der Waals surface area (Å²) >= 11 is 0. The van der Waals surface area contributed by atoms with E-state index in [9.17, 15) is 0 Å². The molecule has 1 aromatic rings. The molecule has 2 N–H and O–H groups in total. The number of anilines is 1. The maximum atomic E-state index is 9.03. The molecule has 0 radical (unpaired) electrons. The number of aliphatic hydroxyl groups is 1. The third-order valence-electron chi connectivity index (χ3n) is 3.42. The molecule has 1 saturated carbocycles. The summed E-state index contributed by atoms with van der Waals surface area (Å²) in [5, 5.41) is 12.4. The first-order valence-electron chi connectivity index (χ1n) is 6.36. The summed E-state index contributed by atoms with van der Waals surface area (Å²) in [6.45, 7) is 3.51. The number of aryl methyl sites for hydroxylation is 1. The zero-order valence-electron chi connectivity index (χ0n) is 11.1. The van der Waals surface area contributed by atoms with Crippen LogP contribution in [0.5, 0.6) is 0 Å². The van der Waals surface area contributed by atoms with E-state index in [4.69, 9.17) is 9.84 Å². The van der Waals surface area contributed by atoms with Crippen LogP contribution >= 0.6 is 0 Å². The van der Waals surface area contributed by atoms with Gasteiger partial charge in [0.25, 0.3) is 0 Å². The lowest BCUT2D eigenvalue weighted by Crippen LogP contribution is -2.18. The highest BCUT2D eigenvalue weighted by atomic mass is 16.5. The Balaban J connectivity index is 1.96. The van der Waals surface area contributed by atoms with Crippen molar-refractivity contribution in [3.05, 3.63) is 17.6 Å². The van der Waals surface area contributed by atoms with Crippen LogP contribution < -0.4 is 5.32 Å². The number of hydrogen-bond acceptors (Lipinski definition) is 5. The topological polar surface area (TPSA) is 67.3 Å². The van der Waals surface area contributed by atoms with Gasteiger partial charge in [-0.3, -0.25) is 0 Å². The van der Waals surface area contributed by atoms with Crippen molar-refractivity contribution in [1.82, 2.24) is 9.97 Å². The second kappa shape index (κ2) is 5.63. The third-order valence-corrected chi connectivity index (χ3v) is 3.42. The maximum absolute atomic E-state index is 9.03. The van der Waals surface area contributed by atoms with Crippen molar-refractivity contribution >= 4 is 5.82 Å². The molecule has 5 heteroatoms. The predicted molar refractivity (Wildman–Crippen MR) is 69.3 cm³/mol. The average molecular weight is 251 g/mol. The lowest BCUT2D eigenvalue weighted by atomic mass is 10.0. The molecule has 0 aromatic carbocycles. The zero-order chi connectivity index (χ0) is 13.0. The number of rotatable bonds is 7. The molecule has 0 spiro atoms. The largest absolute Gasteiger partial charge is 0.396 e. The number of hydrogen-bond donors (Lipinski definition) is 2. The van der Waals surface area contributed by atoms with Gasteiger partial charge < -0.3 is 15.2 Å². The van der Waals surface area contributed by atoms with Crippen molar-refractivity contribution in [2.45, 2.75) is 32.8 Å². The third kappa shape index (κ3) is 3.40. The standard InChI is InChI=1S/C13H21N3O2/c1-10-7-11(16-12(15-10)8-18-2)14-9-13(3-4-13)5-6-17/h7,17H,3-6,8-9H2,1-2H3,(H,14,15,16). The molecule has 2 rings (SSSR count). The lowest BCUT2D eigenvalue weighted by Gasteiger charge is -2.15. The van der Waals surface area contributed by atoms with Crippen LogP contribution in [0.4, 0.5) is 5.82 Å². The first kappa shape index (κ1) is 13.2. The molecule has 18 heavy (non-hydrogen) atoms. The SMILES string of the molecule is COCc1nc(C)cc(NCC2(CCO)CC2)n1. The quantitative estimate of drug-likeness (QED) is 0.769. The lowest BCUT2D eigenvalue weighted by molar-refractivity contribution is 0.177. The van der Waals surface area contributed by atoms with E-state index in [1.807, 2.05) is 13.0 Å². The van der Waals surface area contributed by atoms with Gasteiger partial charge in [-0.2, -0.15) is 0 Å². The van der Waals surface area contributed by atoms with E-state index in [1.54, 1.807) is 7.11 Å². The Morgan fingerprint density at radius 2 is 2.22 bits per heavy atom. The monoisotopic (exact) mass is 251 g/mol. The molecule has 5 nitrogen and oxygen atoms in total. The van der Waals surface area contributed by atoms with Crippen LogP contribution in [-0.4, -0.2) is 35.3 Å². The Morgan fingerprint density at radius 1 is 1.44 bits per heavy atom. The molecule has 1 aromatic heterocycles. The Labute approximate surface area is 108 Å². The van der Waals surface area contributed by atoms with Crippen molar-refractivity contribution < 1.29 is 9.84 Å². The van der Waals surface area contributed by atoms with Gasteiger partial charge >= 0.3 is 0 Å². The number of aliphatic hydroxyl groups excluding tert-OH is 1. The fourth-order valence-electron chi connectivity index (χ4n) is 2.12. The molecule has 1 fully saturated rings. The molecule has 1 aliphatic rings. The van der Waals surface area contributed by atoms with Crippen LogP contribution in [0.1, 0.15) is 30.8 Å². The van der Waals surface area contributed by atoms with Gasteiger partial charge in [0.15, 0.2) is 5.82 Å². The molecule has 1 aliphatic carbocycles. The van der Waals surface area contributed by atoms with E-state index in [0.717, 1.165) is 24.5 Å². The first-order valence-corrected chi connectivity index (χ1v) is 6.36. The summed E-state index contributed by atoms with van der Waals surface area (Å²) in [6, 6.07) is 1.94. The van der Waals surface area contributed by atoms with Crippen LogP contribution in [0.2, 0.25) is 0 Å². The second-order valence-corrected chi connectivity index (χ2v) is 5.07. The van der Waals surface area contributed by atoms with Gasteiger partial charge in [-0.25, -0.2) is 9.97 Å². The highest BCUT2D eigenvalue weighted by Gasteiger charge is 2.41. The minimum Gasteiger partial charge on any atom is -0.396 e. The Kier molecular flexibility index (Phi) is 4.14. The van der Waals surface area contributed by atoms with Gasteiger partial charge in [0.1, 0.15) is 12.4 Å². The van der Waals surface area contributed by atoms with Crippen molar-refractivity contribution in [3.8, 4) is 0 Å². The zero-order valence-corrected chi connectivity index (χ0v) is 11.1. The number of nitrogens with zero attached hydrogens (tertiary/aromatic N) is 2. The fourth-order valence-corrected chi connectivity index (χ4v) is 2.12. The van der Waals surface area contributed by atoms with E-state index in [0.29, 0.717) is 12.4 Å². The summed E-state index contributed by atoms with van der Waals surface area (Å²) in [7, 11) is 1.64. The van der Waals surface area contributed by atoms with Gasteiger partial charge in [0, 0.05) is 32.0 Å². The fraction of sp³-hybridized carbons (Fsp3) is 0.692. The van der Waals surface area contributed by atoms with Crippen molar-refractivity contribution in [2.24, 2.45) is 5.41 Å². The first-order chi connectivity index (χ1) is 8.67. The average Bonchev–Trinajstić information content (AvgIpc) is 3.07. The Hall–Kier alpha value is -1.20. The van der Waals surface area contributed by atoms with Gasteiger partial charge in [-0.1, -0.05) is 0 Å². The summed E-state index contributed by atoms with van der Waals surface area (Å²) in [5.41, 5.74) is 1.22. The summed E-state index contributed by atoms with van der Waals surface area (Å²) in [5.74, 6) is 1.55. The van der Waals surface area contributed by atoms with E-state index in [1.165, 1.54) is 12.8 Å². The highest BCUT2D eigenvalue weighted by molar-refractivity contribution is 5.36. The second-order valence-electron chi connectivity index (χ2n) is 5.07. The van der Waals surface area contributed by atoms with Crippen LogP contribution in [0.25, 0.3) is 0 Å². The van der Waals surface area contributed by atoms with Gasteiger partial charge in [-0.05, 0) is 31.6 Å². The normalized spacial score (nSPS) is 16.6. The number of ether oxygens (including phenoxy) is 1. The van der Waals surface area contributed by atoms with Crippen LogP contribution in [-0.2, 0) is 11.3 Å². The molecule has 0 bridgehead atoms. The molecule has 0 saturated heterocycles. The number of aromatic nitrogens is 2. The van der Waals surface area contributed by atoms with E-state index < -0.39 is 0 Å². The summed E-state index contributed by atoms with van der Waals surface area (Å²) in [6.07, 6.45) is 3.25. The number of nitrogens with one attached hydrogen (secondary N) is 1. The minimum absolute atomic E-state index is 0.263. The summed E-state index contributed by atoms with van der Waals surface area (Å²) in [4.78, 5) is 8.71. The Morgan fingerprint density at radius 3 is 2.83 bits per heavy atom. The molecule has 0 unspecified atom stereocenters. The van der Waals surface area contributed by atoms with Crippen LogP contribution in [0, 0.1) is 12.3 Å². The van der Waals surface area contributed by atoms with E-state index in [2.05, 4.69) is 15.3 Å². The minimum atomic E-state index is 0.263. The molecular weight excluding hydrogens is 230 g/mol. The Bertz CT molecular complexity index is 405. The van der Waals surface area contributed by atoms with Gasteiger partial charge in [-0.15, -0.1) is 0 Å². The van der Waals surface area contributed by atoms with Gasteiger partial charge in [0.2, 0.25) is 0 Å². The van der Waals surface area contributed by atoms with Crippen molar-refractivity contribution in [1.29, 1.82) is 0 Å². The molecule has 0 aliphatic heterocycles. The maximum Gasteiger partial charge on any atom is 0.156 e. The predicted octanol–water partition coefficient (Wildman–Crippen LogP) is 1.51. The smallest absolute Gasteiger partial charge is 0.156 e. The summed E-state index contributed by atoms with van der Waals surface area (Å²) < 4.78 is 5.05. The van der Waals surface area contributed by atoms with E-state index in [-0.39, 0.29) is 12.0 Å². The van der Waals surface area contributed by atoms with E-state index >= 15 is 0 Å². The molecular formula is C13H21N3O2. The molecule has 0 amide bonds. The van der Waals surface area contributed by atoms with Gasteiger partial charge in [0.05, 0.1) is 0 Å². The van der Waals surface area contributed by atoms with Crippen molar-refractivity contribution in [3.63, 3.8) is 0 Å².